The fourth-order valence-electron chi connectivity index (χ4n) is 8.73. The number of hydrogen-bond acceptors (Lipinski definition) is 11. The van der Waals surface area contributed by atoms with Crippen molar-refractivity contribution in [1.29, 1.82) is 0 Å². The van der Waals surface area contributed by atoms with Crippen LogP contribution in [0.2, 0.25) is 0 Å². The molecular weight excluding hydrogens is 831 g/mol. The molecule has 18 nitrogen and oxygen atoms in total. The molecule has 3 aliphatic heterocycles. The Bertz CT molecular complexity index is 2660. The quantitative estimate of drug-likeness (QED) is 0.0647. The molecule has 4 aromatic rings. The highest BCUT2D eigenvalue weighted by atomic mass is 32.2. The topological polar surface area (TPSA) is 267 Å². The van der Waals surface area contributed by atoms with Crippen molar-refractivity contribution in [2.75, 3.05) is 23.0 Å². The van der Waals surface area contributed by atoms with Gasteiger partial charge in [0.25, 0.3) is 0 Å². The van der Waals surface area contributed by atoms with Gasteiger partial charge in [-0.15, -0.1) is 0 Å². The van der Waals surface area contributed by atoms with Crippen molar-refractivity contribution in [2.45, 2.75) is 106 Å². The van der Waals surface area contributed by atoms with Crippen LogP contribution in [-0.2, 0) is 71.5 Å². The van der Waals surface area contributed by atoms with Crippen LogP contribution in [0.5, 0.6) is 0 Å². The smallest absolute Gasteiger partial charge is 0.329 e. The van der Waals surface area contributed by atoms with Gasteiger partial charge in [0.05, 0.1) is 27.7 Å². The number of carbonyl (C=O) groups is 6. The molecule has 0 bridgehead atoms. The van der Waals surface area contributed by atoms with Crippen LogP contribution < -0.4 is 43.3 Å². The van der Waals surface area contributed by atoms with Crippen LogP contribution in [0.25, 0.3) is 11.0 Å². The van der Waals surface area contributed by atoms with Crippen LogP contribution >= 0.6 is 0 Å². The Morgan fingerprint density at radius 1 is 0.905 bits per heavy atom. The first-order valence-corrected chi connectivity index (χ1v) is 23.1. The minimum absolute atomic E-state index is 0.0348. The Morgan fingerprint density at radius 3 is 2.37 bits per heavy atom. The summed E-state index contributed by atoms with van der Waals surface area (Å²) in [6, 6.07) is 12.0. The number of nitrogens with one attached hydrogen (secondary N) is 4. The third-order valence-corrected chi connectivity index (χ3v) is 13.2. The van der Waals surface area contributed by atoms with Crippen LogP contribution in [-0.4, -0.2) is 83.9 Å². The fourth-order valence-corrected chi connectivity index (χ4v) is 9.36. The van der Waals surface area contributed by atoms with Crippen LogP contribution in [0.4, 0.5) is 11.4 Å². The number of piperidine rings is 1. The normalized spacial score (nSPS) is 19.0. The summed E-state index contributed by atoms with van der Waals surface area (Å²) in [7, 11) is -1.74. The Hall–Kier alpha value is -6.34. The lowest BCUT2D eigenvalue weighted by Crippen LogP contribution is -2.56. The van der Waals surface area contributed by atoms with Gasteiger partial charge in [-0.3, -0.25) is 48.1 Å². The molecule has 1 aromatic heterocycles. The lowest BCUT2D eigenvalue weighted by molar-refractivity contribution is -0.136. The number of aromatic nitrogens is 2. The lowest BCUT2D eigenvalue weighted by Gasteiger charge is -2.28. The molecular formula is C44H53N9O9S. The van der Waals surface area contributed by atoms with Gasteiger partial charge in [-0.2, -0.15) is 0 Å². The number of imide groups is 1. The van der Waals surface area contributed by atoms with Crippen LogP contribution in [0.15, 0.2) is 64.3 Å². The lowest BCUT2D eigenvalue weighted by atomic mass is 9.96. The van der Waals surface area contributed by atoms with E-state index in [1.165, 1.54) is 26.2 Å². The van der Waals surface area contributed by atoms with Crippen LogP contribution in [0.1, 0.15) is 79.7 Å². The molecule has 7 rings (SSSR count). The number of nitrogens with two attached hydrogens (primary N) is 2. The summed E-state index contributed by atoms with van der Waals surface area (Å²) in [5.41, 5.74) is 17.7. The van der Waals surface area contributed by atoms with Crippen LogP contribution in [0.3, 0.4) is 0 Å². The second kappa shape index (κ2) is 18.6. The van der Waals surface area contributed by atoms with E-state index < -0.39 is 57.6 Å². The minimum atomic E-state index is -3.40. The molecule has 0 spiro atoms. The summed E-state index contributed by atoms with van der Waals surface area (Å²) in [5, 5.41) is 11.3. The monoisotopic (exact) mass is 883 g/mol. The van der Waals surface area contributed by atoms with E-state index in [1.807, 2.05) is 24.3 Å². The predicted octanol–water partition coefficient (Wildman–Crippen LogP) is 1.14. The molecule has 1 fully saturated rings. The number of unbranched alkanes of at least 4 members (excludes halogenated alkanes) is 2. The van der Waals surface area contributed by atoms with Crippen molar-refractivity contribution < 1.29 is 37.2 Å². The molecule has 4 heterocycles. The molecule has 3 aromatic carbocycles. The first-order chi connectivity index (χ1) is 30.0. The summed E-state index contributed by atoms with van der Waals surface area (Å²) in [6.07, 6.45) is 5.89. The minimum Gasteiger partial charge on any atom is -0.385 e. The standard InChI is InChI=1S/C44H53N9O9S/c1-51-35-23-29(10-15-33(35)52(44(51)60)34-16-18-38(55)50-41(34)57)47-19-5-3-4-6-26-20-27-9-13-31(45)43(59)53-36(22-28(21-26)39(27)53)42(58)49-32(14-17-37(46)54)40(56)48-24-25-7-11-30(12-8-25)63(2,61)62/h7-8,10-12,15,20-21,23,31-32,34,36,47H,3-6,9,13-14,16-19,22,24,45H2,1-2H3,(H2,46,54)(H,48,56)(H,49,58)(H,50,55,57)/t31-,32-,34?,36-/m0/s1. The molecule has 4 atom stereocenters. The SMILES string of the molecule is Cn1c(=O)n(C2CCC(=O)NC2=O)c2ccc(NCCCCCc3cc4c5c(c3)C[C@@H](C(=O)N[C@@H](CCC(N)=O)C(=O)NCc3ccc(S(C)(=O)=O)cc3)N5C(=O)[C@@H](N)CC4)cc21. The highest BCUT2D eigenvalue weighted by Gasteiger charge is 2.44. The summed E-state index contributed by atoms with van der Waals surface area (Å²) in [6.45, 7) is 0.721. The largest absolute Gasteiger partial charge is 0.385 e. The van der Waals surface area contributed by atoms with Crippen LogP contribution in [0, 0.1) is 0 Å². The maximum Gasteiger partial charge on any atom is 0.329 e. The number of benzene rings is 3. The Kier molecular flexibility index (Phi) is 13.2. The van der Waals surface area contributed by atoms with Crippen molar-refractivity contribution in [3.63, 3.8) is 0 Å². The van der Waals surface area contributed by atoms with Gasteiger partial charge in [0.2, 0.25) is 35.4 Å². The first-order valence-electron chi connectivity index (χ1n) is 21.2. The van der Waals surface area contributed by atoms with Crippen molar-refractivity contribution >= 4 is 67.7 Å². The van der Waals surface area contributed by atoms with E-state index in [9.17, 15) is 42.0 Å². The molecule has 6 amide bonds. The van der Waals surface area contributed by atoms with E-state index in [0.717, 1.165) is 54.3 Å². The molecule has 63 heavy (non-hydrogen) atoms. The Morgan fingerprint density at radius 2 is 1.65 bits per heavy atom. The fraction of sp³-hybridized carbons (Fsp3) is 0.432. The van der Waals surface area contributed by atoms with Gasteiger partial charge in [-0.1, -0.05) is 30.7 Å². The van der Waals surface area contributed by atoms with Gasteiger partial charge in [-0.05, 0) is 97.5 Å². The van der Waals surface area contributed by atoms with E-state index >= 15 is 0 Å². The highest BCUT2D eigenvalue weighted by Crippen LogP contribution is 2.40. The second-order valence-corrected chi connectivity index (χ2v) is 18.7. The molecule has 8 N–H and O–H groups in total. The van der Waals surface area contributed by atoms with Crippen molar-refractivity contribution in [3.05, 3.63) is 87.3 Å². The third kappa shape index (κ3) is 9.83. The van der Waals surface area contributed by atoms with Crippen molar-refractivity contribution in [1.82, 2.24) is 25.1 Å². The zero-order valence-corrected chi connectivity index (χ0v) is 36.1. The van der Waals surface area contributed by atoms with E-state index in [-0.39, 0.29) is 61.0 Å². The molecule has 0 aliphatic carbocycles. The Balaban J connectivity index is 0.963. The number of rotatable bonds is 17. The molecule has 0 saturated carbocycles. The second-order valence-electron chi connectivity index (χ2n) is 16.7. The summed E-state index contributed by atoms with van der Waals surface area (Å²) >= 11 is 0. The van der Waals surface area contributed by atoms with Gasteiger partial charge < -0.3 is 27.4 Å². The molecule has 0 radical (unpaired) electrons. The number of imidazole rings is 1. The number of carbonyl (C=O) groups excluding carboxylic acids is 6. The summed E-state index contributed by atoms with van der Waals surface area (Å²) in [4.78, 5) is 91.9. The summed E-state index contributed by atoms with van der Waals surface area (Å²) < 4.78 is 26.6. The van der Waals surface area contributed by atoms with Gasteiger partial charge in [0.1, 0.15) is 18.1 Å². The molecule has 1 saturated heterocycles. The van der Waals surface area contributed by atoms with Crippen molar-refractivity contribution in [3.8, 4) is 0 Å². The van der Waals surface area contributed by atoms with E-state index in [4.69, 9.17) is 11.5 Å². The van der Waals surface area contributed by atoms with E-state index in [2.05, 4.69) is 27.3 Å². The van der Waals surface area contributed by atoms with Gasteiger partial charge in [0.15, 0.2) is 9.84 Å². The number of fused-ring (bicyclic) bond motifs is 1. The number of amides is 6. The molecule has 19 heteroatoms. The first kappa shape index (κ1) is 44.7. The summed E-state index contributed by atoms with van der Waals surface area (Å²) in [5.74, 6) is -2.98. The number of hydrogen-bond donors (Lipinski definition) is 6. The average Bonchev–Trinajstić information content (AvgIpc) is 3.71. The zero-order valence-electron chi connectivity index (χ0n) is 35.3. The van der Waals surface area contributed by atoms with E-state index in [0.29, 0.717) is 41.7 Å². The van der Waals surface area contributed by atoms with Crippen molar-refractivity contribution in [2.24, 2.45) is 18.5 Å². The average molecular weight is 884 g/mol. The number of sulfone groups is 1. The number of primary amides is 1. The molecule has 3 aliphatic rings. The number of aryl methyl sites for hydroxylation is 3. The van der Waals surface area contributed by atoms with Gasteiger partial charge in [0, 0.05) is 51.3 Å². The maximum absolute atomic E-state index is 14.0. The zero-order chi connectivity index (χ0) is 45.2. The highest BCUT2D eigenvalue weighted by molar-refractivity contribution is 7.90. The number of anilines is 2. The van der Waals surface area contributed by atoms with E-state index in [1.54, 1.807) is 19.2 Å². The molecule has 334 valence electrons. The predicted molar refractivity (Wildman–Crippen MR) is 234 cm³/mol. The third-order valence-electron chi connectivity index (χ3n) is 12.1. The molecule has 1 unspecified atom stereocenters. The van der Waals surface area contributed by atoms with Gasteiger partial charge >= 0.3 is 5.69 Å². The maximum atomic E-state index is 14.0. The van der Waals surface area contributed by atoms with Gasteiger partial charge in [-0.25, -0.2) is 13.2 Å². The Labute approximate surface area is 364 Å². The number of nitrogens with zero attached hydrogens (tertiary/aromatic N) is 3.